The van der Waals surface area contributed by atoms with Gasteiger partial charge in [0.1, 0.15) is 6.07 Å². The van der Waals surface area contributed by atoms with Crippen LogP contribution in [0, 0.1) is 11.3 Å². The van der Waals surface area contributed by atoms with E-state index in [4.69, 9.17) is 33.2 Å². The second kappa shape index (κ2) is 5.74. The third-order valence-corrected chi connectivity index (χ3v) is 2.59. The Balaban J connectivity index is 3.26. The van der Waals surface area contributed by atoms with Gasteiger partial charge >= 0.3 is 5.97 Å². The van der Waals surface area contributed by atoms with E-state index in [0.717, 1.165) is 0 Å². The fraction of sp³-hybridized carbons (Fsp3) is 0.273. The van der Waals surface area contributed by atoms with Crippen LogP contribution in [0.25, 0.3) is 0 Å². The summed E-state index contributed by atoms with van der Waals surface area (Å²) in [6.45, 7) is 1.95. The van der Waals surface area contributed by atoms with Crippen LogP contribution in [0.2, 0.25) is 5.02 Å². The standard InChI is InChI=1S/C11H9Cl2NO2/c1-2-16-11(15)9-3-7(5-12)10(13)4-8(9)6-14/h3-4H,2,5H2,1H3. The molecule has 0 unspecified atom stereocenters. The third-order valence-electron chi connectivity index (χ3n) is 1.95. The molecule has 0 aliphatic rings. The normalized spacial score (nSPS) is 9.62. The summed E-state index contributed by atoms with van der Waals surface area (Å²) in [4.78, 5) is 11.5. The number of benzene rings is 1. The number of hydrogen-bond donors (Lipinski definition) is 0. The van der Waals surface area contributed by atoms with Crippen LogP contribution in [0.4, 0.5) is 0 Å². The van der Waals surface area contributed by atoms with E-state index in [0.29, 0.717) is 10.6 Å². The molecule has 0 saturated heterocycles. The molecule has 1 aromatic carbocycles. The number of esters is 1. The maximum atomic E-state index is 11.5. The highest BCUT2D eigenvalue weighted by Gasteiger charge is 2.15. The van der Waals surface area contributed by atoms with Crippen molar-refractivity contribution in [2.45, 2.75) is 12.8 Å². The first-order valence-corrected chi connectivity index (χ1v) is 5.50. The van der Waals surface area contributed by atoms with Gasteiger partial charge in [0.2, 0.25) is 0 Å². The Morgan fingerprint density at radius 3 is 2.75 bits per heavy atom. The van der Waals surface area contributed by atoms with E-state index in [1.54, 1.807) is 6.92 Å². The minimum atomic E-state index is -0.540. The fourth-order valence-electron chi connectivity index (χ4n) is 1.19. The highest BCUT2D eigenvalue weighted by molar-refractivity contribution is 6.32. The average molecular weight is 258 g/mol. The summed E-state index contributed by atoms with van der Waals surface area (Å²) in [5.74, 6) is -0.362. The van der Waals surface area contributed by atoms with Gasteiger partial charge < -0.3 is 4.74 Å². The topological polar surface area (TPSA) is 50.1 Å². The van der Waals surface area contributed by atoms with Gasteiger partial charge in [-0.1, -0.05) is 11.6 Å². The molecule has 0 atom stereocenters. The molecule has 3 nitrogen and oxygen atoms in total. The zero-order valence-corrected chi connectivity index (χ0v) is 10.1. The molecule has 0 amide bonds. The number of carbonyl (C=O) groups excluding carboxylic acids is 1. The van der Waals surface area contributed by atoms with E-state index < -0.39 is 5.97 Å². The predicted octanol–water partition coefficient (Wildman–Crippen LogP) is 3.13. The number of halogens is 2. The summed E-state index contributed by atoms with van der Waals surface area (Å²) in [6, 6.07) is 4.81. The SMILES string of the molecule is CCOC(=O)c1cc(CCl)c(Cl)cc1C#N. The molecule has 0 aliphatic carbocycles. The monoisotopic (exact) mass is 257 g/mol. The van der Waals surface area contributed by atoms with Crippen LogP contribution in [0.5, 0.6) is 0 Å². The first kappa shape index (κ1) is 12.8. The van der Waals surface area contributed by atoms with Crippen LogP contribution in [-0.2, 0) is 10.6 Å². The Hall–Kier alpha value is -1.24. The minimum absolute atomic E-state index is 0.178. The summed E-state index contributed by atoms with van der Waals surface area (Å²) < 4.78 is 4.83. The molecule has 0 aliphatic heterocycles. The van der Waals surface area contributed by atoms with Crippen molar-refractivity contribution in [2.24, 2.45) is 0 Å². The summed E-state index contributed by atoms with van der Waals surface area (Å²) in [6.07, 6.45) is 0. The summed E-state index contributed by atoms with van der Waals surface area (Å²) in [5, 5.41) is 9.25. The van der Waals surface area contributed by atoms with Crippen LogP contribution < -0.4 is 0 Å². The van der Waals surface area contributed by atoms with Crippen LogP contribution in [0.15, 0.2) is 12.1 Å². The van der Waals surface area contributed by atoms with Crippen molar-refractivity contribution in [3.05, 3.63) is 33.8 Å². The van der Waals surface area contributed by atoms with E-state index >= 15 is 0 Å². The largest absolute Gasteiger partial charge is 0.462 e. The van der Waals surface area contributed by atoms with Crippen LogP contribution >= 0.6 is 23.2 Å². The van der Waals surface area contributed by atoms with Crippen LogP contribution in [0.3, 0.4) is 0 Å². The van der Waals surface area contributed by atoms with Gasteiger partial charge in [0.25, 0.3) is 0 Å². The van der Waals surface area contributed by atoms with Gasteiger partial charge in [-0.2, -0.15) is 5.26 Å². The molecule has 0 bridgehead atoms. The van der Waals surface area contributed by atoms with Gasteiger partial charge in [-0.3, -0.25) is 0 Å². The Bertz CT molecular complexity index is 452. The first-order valence-electron chi connectivity index (χ1n) is 4.59. The Kier molecular flexibility index (Phi) is 4.60. The smallest absolute Gasteiger partial charge is 0.339 e. The zero-order chi connectivity index (χ0) is 12.1. The van der Waals surface area contributed by atoms with Gasteiger partial charge in [0.05, 0.1) is 17.7 Å². The van der Waals surface area contributed by atoms with E-state index in [-0.39, 0.29) is 23.6 Å². The molecule has 0 N–H and O–H groups in total. The van der Waals surface area contributed by atoms with Crippen molar-refractivity contribution in [1.82, 2.24) is 0 Å². The third kappa shape index (κ3) is 2.66. The van der Waals surface area contributed by atoms with E-state index in [2.05, 4.69) is 0 Å². The number of carbonyl (C=O) groups is 1. The van der Waals surface area contributed by atoms with Crippen LogP contribution in [-0.4, -0.2) is 12.6 Å². The fourth-order valence-corrected chi connectivity index (χ4v) is 1.71. The van der Waals surface area contributed by atoms with Gasteiger partial charge in [0, 0.05) is 10.9 Å². The average Bonchev–Trinajstić information content (AvgIpc) is 2.28. The Labute approximate surface area is 104 Å². The maximum Gasteiger partial charge on any atom is 0.339 e. The number of ether oxygens (including phenoxy) is 1. The Morgan fingerprint density at radius 2 is 2.25 bits per heavy atom. The second-order valence-corrected chi connectivity index (χ2v) is 3.63. The lowest BCUT2D eigenvalue weighted by Crippen LogP contribution is -2.07. The summed E-state index contributed by atoms with van der Waals surface area (Å²) in [7, 11) is 0. The molecule has 0 aromatic heterocycles. The van der Waals surface area contributed by atoms with Crippen molar-refractivity contribution in [3.63, 3.8) is 0 Å². The summed E-state index contributed by atoms with van der Waals surface area (Å²) >= 11 is 11.5. The van der Waals surface area contributed by atoms with E-state index in [1.165, 1.54) is 12.1 Å². The quantitative estimate of drug-likeness (QED) is 0.618. The number of nitrogens with zero attached hydrogens (tertiary/aromatic N) is 1. The van der Waals surface area contributed by atoms with E-state index in [1.807, 2.05) is 6.07 Å². The van der Waals surface area contributed by atoms with Gasteiger partial charge in [-0.05, 0) is 24.6 Å². The van der Waals surface area contributed by atoms with Crippen LogP contribution in [0.1, 0.15) is 28.4 Å². The van der Waals surface area contributed by atoms with Gasteiger partial charge in [-0.15, -0.1) is 11.6 Å². The van der Waals surface area contributed by atoms with Gasteiger partial charge in [0.15, 0.2) is 0 Å². The Morgan fingerprint density at radius 1 is 1.56 bits per heavy atom. The molecule has 0 saturated carbocycles. The molecule has 16 heavy (non-hydrogen) atoms. The minimum Gasteiger partial charge on any atom is -0.462 e. The molecule has 0 fully saturated rings. The maximum absolute atomic E-state index is 11.5. The van der Waals surface area contributed by atoms with Crippen molar-refractivity contribution < 1.29 is 9.53 Å². The number of nitriles is 1. The van der Waals surface area contributed by atoms with E-state index in [9.17, 15) is 4.79 Å². The highest BCUT2D eigenvalue weighted by Crippen LogP contribution is 2.23. The molecular formula is C11H9Cl2NO2. The number of hydrogen-bond acceptors (Lipinski definition) is 3. The summed E-state index contributed by atoms with van der Waals surface area (Å²) in [5.41, 5.74) is 0.993. The van der Waals surface area contributed by atoms with Crippen molar-refractivity contribution in [3.8, 4) is 6.07 Å². The van der Waals surface area contributed by atoms with Crippen molar-refractivity contribution in [2.75, 3.05) is 6.61 Å². The van der Waals surface area contributed by atoms with Gasteiger partial charge in [-0.25, -0.2) is 4.79 Å². The highest BCUT2D eigenvalue weighted by atomic mass is 35.5. The van der Waals surface area contributed by atoms with Crippen molar-refractivity contribution in [1.29, 1.82) is 5.26 Å². The molecule has 0 radical (unpaired) electrons. The lowest BCUT2D eigenvalue weighted by Gasteiger charge is -2.07. The molecule has 0 spiro atoms. The number of alkyl halides is 1. The predicted molar refractivity (Wildman–Crippen MR) is 61.7 cm³/mol. The molecule has 84 valence electrons. The number of rotatable bonds is 3. The molecule has 0 heterocycles. The first-order chi connectivity index (χ1) is 7.63. The lowest BCUT2D eigenvalue weighted by atomic mass is 10.1. The molecule has 1 rings (SSSR count). The lowest BCUT2D eigenvalue weighted by molar-refractivity contribution is 0.0526. The van der Waals surface area contributed by atoms with Crippen molar-refractivity contribution >= 4 is 29.2 Å². The molecular weight excluding hydrogens is 249 g/mol. The molecule has 1 aromatic rings. The molecule has 5 heteroatoms. The zero-order valence-electron chi connectivity index (χ0n) is 8.59. The second-order valence-electron chi connectivity index (χ2n) is 2.96.